The van der Waals surface area contributed by atoms with Crippen LogP contribution in [0.1, 0.15) is 15.6 Å². The van der Waals surface area contributed by atoms with Crippen molar-refractivity contribution in [3.8, 4) is 5.75 Å². The van der Waals surface area contributed by atoms with Gasteiger partial charge in [0, 0.05) is 6.42 Å². The van der Waals surface area contributed by atoms with Crippen molar-refractivity contribution in [2.45, 2.75) is 12.3 Å². The Kier molecular flexibility index (Phi) is 3.74. The first-order chi connectivity index (χ1) is 7.81. The van der Waals surface area contributed by atoms with E-state index in [2.05, 4.69) is 10.2 Å². The molecule has 16 heavy (non-hydrogen) atoms. The molecular formula is C11H11ClN2OS. The van der Waals surface area contributed by atoms with Crippen molar-refractivity contribution in [2.24, 2.45) is 0 Å². The van der Waals surface area contributed by atoms with Crippen molar-refractivity contribution in [1.29, 1.82) is 0 Å². The summed E-state index contributed by atoms with van der Waals surface area (Å²) >= 11 is 7.23. The molecule has 0 amide bonds. The molecule has 1 aromatic carbocycles. The van der Waals surface area contributed by atoms with Crippen LogP contribution < -0.4 is 4.74 Å². The molecule has 5 heteroatoms. The molecule has 0 saturated carbocycles. The highest BCUT2D eigenvalue weighted by atomic mass is 35.5. The van der Waals surface area contributed by atoms with Gasteiger partial charge in [0.2, 0.25) is 0 Å². The first-order valence-electron chi connectivity index (χ1n) is 4.82. The third-order valence-electron chi connectivity index (χ3n) is 2.11. The molecule has 0 radical (unpaired) electrons. The summed E-state index contributed by atoms with van der Waals surface area (Å²) in [5.74, 6) is 1.29. The highest BCUT2D eigenvalue weighted by Gasteiger charge is 2.04. The van der Waals surface area contributed by atoms with Crippen LogP contribution in [0.15, 0.2) is 24.3 Å². The predicted octanol–water partition coefficient (Wildman–Crippen LogP) is 2.88. The minimum atomic E-state index is 0.426. The summed E-state index contributed by atoms with van der Waals surface area (Å²) in [5, 5.41) is 9.90. The molecule has 0 spiro atoms. The Bertz CT molecular complexity index is 473. The monoisotopic (exact) mass is 254 g/mol. The van der Waals surface area contributed by atoms with E-state index in [0.29, 0.717) is 5.88 Å². The van der Waals surface area contributed by atoms with Gasteiger partial charge in [-0.15, -0.1) is 21.8 Å². The van der Waals surface area contributed by atoms with E-state index in [1.807, 2.05) is 24.3 Å². The minimum absolute atomic E-state index is 0.426. The average molecular weight is 255 g/mol. The van der Waals surface area contributed by atoms with Gasteiger partial charge in [-0.25, -0.2) is 0 Å². The molecule has 84 valence electrons. The van der Waals surface area contributed by atoms with Gasteiger partial charge in [-0.3, -0.25) is 0 Å². The second-order valence-corrected chi connectivity index (χ2v) is 4.67. The lowest BCUT2D eigenvalue weighted by Gasteiger charge is -2.01. The van der Waals surface area contributed by atoms with Crippen LogP contribution in [-0.4, -0.2) is 17.3 Å². The zero-order valence-electron chi connectivity index (χ0n) is 8.81. The summed E-state index contributed by atoms with van der Waals surface area (Å²) in [5.41, 5.74) is 1.16. The lowest BCUT2D eigenvalue weighted by molar-refractivity contribution is 0.414. The van der Waals surface area contributed by atoms with Crippen LogP contribution in [0.2, 0.25) is 0 Å². The molecule has 0 aliphatic heterocycles. The summed E-state index contributed by atoms with van der Waals surface area (Å²) in [4.78, 5) is 0. The van der Waals surface area contributed by atoms with Crippen molar-refractivity contribution in [1.82, 2.24) is 10.2 Å². The molecule has 1 heterocycles. The largest absolute Gasteiger partial charge is 0.497 e. The molecule has 0 aliphatic rings. The SMILES string of the molecule is COc1cccc(Cc2nnc(CCl)s2)c1. The molecule has 0 bridgehead atoms. The second kappa shape index (κ2) is 5.27. The van der Waals surface area contributed by atoms with Gasteiger partial charge >= 0.3 is 0 Å². The molecule has 0 saturated heterocycles. The Hall–Kier alpha value is -1.13. The van der Waals surface area contributed by atoms with E-state index >= 15 is 0 Å². The van der Waals surface area contributed by atoms with E-state index in [0.717, 1.165) is 27.7 Å². The number of hydrogen-bond acceptors (Lipinski definition) is 4. The zero-order valence-corrected chi connectivity index (χ0v) is 10.4. The van der Waals surface area contributed by atoms with E-state index in [4.69, 9.17) is 16.3 Å². The van der Waals surface area contributed by atoms with E-state index in [1.165, 1.54) is 0 Å². The first kappa shape index (κ1) is 11.4. The number of aromatic nitrogens is 2. The molecule has 0 aliphatic carbocycles. The van der Waals surface area contributed by atoms with Crippen LogP contribution in [0, 0.1) is 0 Å². The lowest BCUT2D eigenvalue weighted by atomic mass is 10.1. The van der Waals surface area contributed by atoms with Crippen molar-refractivity contribution in [3.05, 3.63) is 39.8 Å². The second-order valence-electron chi connectivity index (χ2n) is 3.25. The number of rotatable bonds is 4. The van der Waals surface area contributed by atoms with Crippen LogP contribution in [-0.2, 0) is 12.3 Å². The fraction of sp³-hybridized carbons (Fsp3) is 0.273. The molecule has 1 aromatic heterocycles. The van der Waals surface area contributed by atoms with Crippen molar-refractivity contribution < 1.29 is 4.74 Å². The smallest absolute Gasteiger partial charge is 0.132 e. The summed E-state index contributed by atoms with van der Waals surface area (Å²) in [7, 11) is 1.66. The molecule has 0 N–H and O–H groups in total. The van der Waals surface area contributed by atoms with Gasteiger partial charge in [0.15, 0.2) is 0 Å². The van der Waals surface area contributed by atoms with E-state index < -0.39 is 0 Å². The molecule has 2 rings (SSSR count). The highest BCUT2D eigenvalue weighted by Crippen LogP contribution is 2.19. The Morgan fingerprint density at radius 3 is 2.81 bits per heavy atom. The average Bonchev–Trinajstić information content (AvgIpc) is 2.77. The highest BCUT2D eigenvalue weighted by molar-refractivity contribution is 7.11. The van der Waals surface area contributed by atoms with Crippen LogP contribution in [0.4, 0.5) is 0 Å². The number of hydrogen-bond donors (Lipinski definition) is 0. The van der Waals surface area contributed by atoms with Crippen LogP contribution in [0.5, 0.6) is 5.75 Å². The summed E-state index contributed by atoms with van der Waals surface area (Å²) < 4.78 is 5.17. The van der Waals surface area contributed by atoms with Crippen LogP contribution >= 0.6 is 22.9 Å². The van der Waals surface area contributed by atoms with Crippen molar-refractivity contribution in [2.75, 3.05) is 7.11 Å². The third-order valence-corrected chi connectivity index (χ3v) is 3.45. The van der Waals surface area contributed by atoms with Gasteiger partial charge in [0.1, 0.15) is 15.8 Å². The van der Waals surface area contributed by atoms with Gasteiger partial charge in [-0.1, -0.05) is 23.5 Å². The van der Waals surface area contributed by atoms with Crippen LogP contribution in [0.3, 0.4) is 0 Å². The van der Waals surface area contributed by atoms with Gasteiger partial charge < -0.3 is 4.74 Å². The maximum atomic E-state index is 5.68. The molecule has 0 atom stereocenters. The van der Waals surface area contributed by atoms with Crippen LogP contribution in [0.25, 0.3) is 0 Å². The van der Waals surface area contributed by atoms with Gasteiger partial charge in [-0.05, 0) is 17.7 Å². The van der Waals surface area contributed by atoms with E-state index in [-0.39, 0.29) is 0 Å². The van der Waals surface area contributed by atoms with E-state index in [9.17, 15) is 0 Å². The Labute approximate surface area is 103 Å². The quantitative estimate of drug-likeness (QED) is 0.787. The Morgan fingerprint density at radius 2 is 2.12 bits per heavy atom. The number of halogens is 1. The normalized spacial score (nSPS) is 10.4. The summed E-state index contributed by atoms with van der Waals surface area (Å²) in [6.07, 6.45) is 0.770. The van der Waals surface area contributed by atoms with Crippen molar-refractivity contribution >= 4 is 22.9 Å². The Balaban J connectivity index is 2.13. The fourth-order valence-electron chi connectivity index (χ4n) is 1.37. The first-order valence-corrected chi connectivity index (χ1v) is 6.17. The number of ether oxygens (including phenoxy) is 1. The molecular weight excluding hydrogens is 244 g/mol. The Morgan fingerprint density at radius 1 is 1.31 bits per heavy atom. The van der Waals surface area contributed by atoms with Gasteiger partial charge in [-0.2, -0.15) is 0 Å². The molecule has 0 fully saturated rings. The number of benzene rings is 1. The zero-order chi connectivity index (χ0) is 11.4. The number of methoxy groups -OCH3 is 1. The standard InChI is InChI=1S/C11H11ClN2OS/c1-15-9-4-2-3-8(5-9)6-10-13-14-11(7-12)16-10/h2-5H,6-7H2,1H3. The molecule has 2 aromatic rings. The molecule has 0 unspecified atom stereocenters. The van der Waals surface area contributed by atoms with Gasteiger partial charge in [0.05, 0.1) is 13.0 Å². The number of alkyl halides is 1. The maximum Gasteiger partial charge on any atom is 0.132 e. The third kappa shape index (κ3) is 2.71. The summed E-state index contributed by atoms with van der Waals surface area (Å²) in [6.45, 7) is 0. The number of nitrogens with zero attached hydrogens (tertiary/aromatic N) is 2. The predicted molar refractivity (Wildman–Crippen MR) is 65.3 cm³/mol. The van der Waals surface area contributed by atoms with E-state index in [1.54, 1.807) is 18.4 Å². The minimum Gasteiger partial charge on any atom is -0.497 e. The summed E-state index contributed by atoms with van der Waals surface area (Å²) in [6, 6.07) is 7.94. The molecule has 3 nitrogen and oxygen atoms in total. The fourth-order valence-corrected chi connectivity index (χ4v) is 2.32. The van der Waals surface area contributed by atoms with Gasteiger partial charge in [0.25, 0.3) is 0 Å². The van der Waals surface area contributed by atoms with Crippen molar-refractivity contribution in [3.63, 3.8) is 0 Å². The lowest BCUT2D eigenvalue weighted by Crippen LogP contribution is -1.89. The maximum absolute atomic E-state index is 5.68. The topological polar surface area (TPSA) is 35.0 Å².